The van der Waals surface area contributed by atoms with Crippen LogP contribution in [0.4, 0.5) is 24.5 Å². The van der Waals surface area contributed by atoms with Gasteiger partial charge in [-0.3, -0.25) is 10.1 Å². The lowest BCUT2D eigenvalue weighted by atomic mass is 10.1. The average Bonchev–Trinajstić information content (AvgIpc) is 2.37. The van der Waals surface area contributed by atoms with Gasteiger partial charge >= 0.3 is 0 Å². The van der Waals surface area contributed by atoms with E-state index in [0.717, 1.165) is 24.3 Å². The van der Waals surface area contributed by atoms with E-state index in [1.165, 1.54) is 0 Å². The van der Waals surface area contributed by atoms with Crippen LogP contribution in [-0.4, -0.2) is 4.92 Å². The molecule has 2 rings (SSSR count). The molecule has 0 spiro atoms. The zero-order valence-electron chi connectivity index (χ0n) is 10.4. The summed E-state index contributed by atoms with van der Waals surface area (Å²) in [5.41, 5.74) is -0.515. The number of benzene rings is 2. The minimum absolute atomic E-state index is 0.0137. The number of nitrogens with zero attached hydrogens (tertiary/aromatic N) is 1. The fraction of sp³-hybridized carbons (Fsp3) is 0.0769. The Morgan fingerprint density at radius 2 is 1.86 bits per heavy atom. The summed E-state index contributed by atoms with van der Waals surface area (Å²) in [4.78, 5) is 10.1. The van der Waals surface area contributed by atoms with Crippen molar-refractivity contribution >= 4 is 23.0 Å². The molecule has 0 radical (unpaired) electrons. The van der Waals surface area contributed by atoms with Gasteiger partial charge in [0, 0.05) is 18.7 Å². The van der Waals surface area contributed by atoms with Crippen molar-refractivity contribution in [3.8, 4) is 0 Å². The van der Waals surface area contributed by atoms with Crippen LogP contribution in [0.5, 0.6) is 0 Å². The molecule has 2 aromatic rings. The Morgan fingerprint density at radius 1 is 1.14 bits per heavy atom. The summed E-state index contributed by atoms with van der Waals surface area (Å²) >= 11 is 5.68. The molecule has 0 aliphatic rings. The molecule has 0 saturated heterocycles. The van der Waals surface area contributed by atoms with E-state index in [0.29, 0.717) is 6.07 Å². The Kier molecular flexibility index (Phi) is 4.32. The standard InChI is InChI=1S/C13H8ClF3N2O2/c14-10-4-9(16)5-11(17)13(10)18-6-7-3-8(15)1-2-12(7)19(20)21/h1-5,18H,6H2. The van der Waals surface area contributed by atoms with Crippen molar-refractivity contribution in [1.82, 2.24) is 0 Å². The smallest absolute Gasteiger partial charge is 0.274 e. The predicted molar refractivity (Wildman–Crippen MR) is 71.7 cm³/mol. The first kappa shape index (κ1) is 15.1. The van der Waals surface area contributed by atoms with Crippen LogP contribution in [0.15, 0.2) is 30.3 Å². The molecule has 0 bridgehead atoms. The Morgan fingerprint density at radius 3 is 2.48 bits per heavy atom. The summed E-state index contributed by atoms with van der Waals surface area (Å²) < 4.78 is 39.6. The number of halogens is 4. The molecule has 110 valence electrons. The van der Waals surface area contributed by atoms with Crippen molar-refractivity contribution < 1.29 is 18.1 Å². The molecule has 1 N–H and O–H groups in total. The van der Waals surface area contributed by atoms with E-state index in [4.69, 9.17) is 11.6 Å². The van der Waals surface area contributed by atoms with Crippen LogP contribution in [0.1, 0.15) is 5.56 Å². The van der Waals surface area contributed by atoms with Gasteiger partial charge in [0.1, 0.15) is 11.6 Å². The monoisotopic (exact) mass is 316 g/mol. The second-order valence-electron chi connectivity index (χ2n) is 4.13. The predicted octanol–water partition coefficient (Wildman–Crippen LogP) is 4.28. The zero-order valence-corrected chi connectivity index (χ0v) is 11.1. The SMILES string of the molecule is O=[N+]([O-])c1ccc(F)cc1CNc1c(F)cc(F)cc1Cl. The van der Waals surface area contributed by atoms with Gasteiger partial charge in [-0.05, 0) is 18.2 Å². The van der Waals surface area contributed by atoms with E-state index in [1.54, 1.807) is 0 Å². The first-order valence-corrected chi connectivity index (χ1v) is 6.07. The van der Waals surface area contributed by atoms with Crippen LogP contribution in [0.25, 0.3) is 0 Å². The molecule has 4 nitrogen and oxygen atoms in total. The van der Waals surface area contributed by atoms with Crippen LogP contribution in [0.2, 0.25) is 5.02 Å². The molecule has 0 aliphatic carbocycles. The average molecular weight is 317 g/mol. The van der Waals surface area contributed by atoms with E-state index in [9.17, 15) is 23.3 Å². The van der Waals surface area contributed by atoms with Gasteiger partial charge in [0.15, 0.2) is 5.82 Å². The van der Waals surface area contributed by atoms with Crippen molar-refractivity contribution in [3.05, 3.63) is 68.5 Å². The van der Waals surface area contributed by atoms with Crippen LogP contribution < -0.4 is 5.32 Å². The summed E-state index contributed by atoms with van der Waals surface area (Å²) in [5, 5.41) is 13.1. The lowest BCUT2D eigenvalue weighted by Gasteiger charge is -2.10. The number of rotatable bonds is 4. The summed E-state index contributed by atoms with van der Waals surface area (Å²) in [6, 6.07) is 4.43. The maximum Gasteiger partial charge on any atom is 0.274 e. The Hall–Kier alpha value is -2.28. The van der Waals surface area contributed by atoms with Crippen molar-refractivity contribution in [2.24, 2.45) is 0 Å². The van der Waals surface area contributed by atoms with Gasteiger partial charge in [-0.1, -0.05) is 11.6 Å². The third kappa shape index (κ3) is 3.43. The molecule has 8 heteroatoms. The second kappa shape index (κ2) is 6.01. The molecule has 2 aromatic carbocycles. The number of nitro benzene ring substituents is 1. The van der Waals surface area contributed by atoms with Gasteiger partial charge in [0.25, 0.3) is 5.69 Å². The highest BCUT2D eigenvalue weighted by molar-refractivity contribution is 6.33. The third-order valence-corrected chi connectivity index (χ3v) is 3.00. The van der Waals surface area contributed by atoms with E-state index in [2.05, 4.69) is 5.32 Å². The van der Waals surface area contributed by atoms with Gasteiger partial charge in [-0.25, -0.2) is 13.2 Å². The summed E-state index contributed by atoms with van der Waals surface area (Å²) in [5.74, 6) is -2.46. The molecule has 0 amide bonds. The highest BCUT2D eigenvalue weighted by Gasteiger charge is 2.16. The van der Waals surface area contributed by atoms with Crippen LogP contribution in [-0.2, 0) is 6.54 Å². The maximum atomic E-state index is 13.6. The normalized spacial score (nSPS) is 10.5. The molecule has 0 unspecified atom stereocenters. The molecule has 0 heterocycles. The van der Waals surface area contributed by atoms with Gasteiger partial charge in [0.05, 0.1) is 21.2 Å². The lowest BCUT2D eigenvalue weighted by Crippen LogP contribution is -2.06. The van der Waals surface area contributed by atoms with Crippen molar-refractivity contribution in [3.63, 3.8) is 0 Å². The number of hydrogen-bond donors (Lipinski definition) is 1. The number of nitrogens with one attached hydrogen (secondary N) is 1. The molecular formula is C13H8ClF3N2O2. The van der Waals surface area contributed by atoms with E-state index >= 15 is 0 Å². The molecule has 0 aliphatic heterocycles. The molecular weight excluding hydrogens is 309 g/mol. The molecule has 21 heavy (non-hydrogen) atoms. The highest BCUT2D eigenvalue weighted by Crippen LogP contribution is 2.28. The fourth-order valence-corrected chi connectivity index (χ4v) is 2.03. The number of nitro groups is 1. The minimum Gasteiger partial charge on any atom is -0.377 e. The minimum atomic E-state index is -0.945. The molecule has 0 aromatic heterocycles. The van der Waals surface area contributed by atoms with E-state index < -0.39 is 22.4 Å². The van der Waals surface area contributed by atoms with Gasteiger partial charge in [-0.2, -0.15) is 0 Å². The Labute approximate surface area is 122 Å². The molecule has 0 atom stereocenters. The van der Waals surface area contributed by atoms with Crippen LogP contribution in [0.3, 0.4) is 0 Å². The number of hydrogen-bond acceptors (Lipinski definition) is 3. The topological polar surface area (TPSA) is 55.2 Å². The quantitative estimate of drug-likeness (QED) is 0.676. The van der Waals surface area contributed by atoms with Gasteiger partial charge in [0.2, 0.25) is 0 Å². The Balaban J connectivity index is 2.28. The first-order valence-electron chi connectivity index (χ1n) is 5.69. The Bertz CT molecular complexity index is 687. The first-order chi connectivity index (χ1) is 9.88. The third-order valence-electron chi connectivity index (χ3n) is 2.70. The van der Waals surface area contributed by atoms with Gasteiger partial charge < -0.3 is 5.32 Å². The second-order valence-corrected chi connectivity index (χ2v) is 4.54. The van der Waals surface area contributed by atoms with E-state index in [-0.39, 0.29) is 28.5 Å². The van der Waals surface area contributed by atoms with Crippen molar-refractivity contribution in [2.45, 2.75) is 6.54 Å². The van der Waals surface area contributed by atoms with Crippen LogP contribution in [0, 0.1) is 27.6 Å². The summed E-state index contributed by atoms with van der Waals surface area (Å²) in [6.45, 7) is -0.240. The lowest BCUT2D eigenvalue weighted by molar-refractivity contribution is -0.385. The highest BCUT2D eigenvalue weighted by atomic mass is 35.5. The number of anilines is 1. The summed E-state index contributed by atoms with van der Waals surface area (Å²) in [7, 11) is 0. The van der Waals surface area contributed by atoms with E-state index in [1.807, 2.05) is 0 Å². The van der Waals surface area contributed by atoms with Gasteiger partial charge in [-0.15, -0.1) is 0 Å². The molecule has 0 fully saturated rings. The zero-order chi connectivity index (χ0) is 15.6. The van der Waals surface area contributed by atoms with Crippen molar-refractivity contribution in [1.29, 1.82) is 0 Å². The summed E-state index contributed by atoms with van der Waals surface area (Å²) in [6.07, 6.45) is 0. The van der Waals surface area contributed by atoms with Crippen LogP contribution >= 0.6 is 11.6 Å². The van der Waals surface area contributed by atoms with Crippen molar-refractivity contribution in [2.75, 3.05) is 5.32 Å². The largest absolute Gasteiger partial charge is 0.377 e. The fourth-order valence-electron chi connectivity index (χ4n) is 1.77. The maximum absolute atomic E-state index is 13.6. The molecule has 0 saturated carbocycles.